The fourth-order valence-corrected chi connectivity index (χ4v) is 10.6. The van der Waals surface area contributed by atoms with E-state index in [4.69, 9.17) is 9.47 Å². The highest BCUT2D eigenvalue weighted by atomic mass is 16.5. The fraction of sp³-hybridized carbons (Fsp3) is 0.481. The Morgan fingerprint density at radius 1 is 1.05 bits per heavy atom. The summed E-state index contributed by atoms with van der Waals surface area (Å²) in [6.07, 6.45) is 4.05. The van der Waals surface area contributed by atoms with Gasteiger partial charge in [0.05, 0.1) is 24.3 Å². The second kappa shape index (κ2) is 18.7. The van der Waals surface area contributed by atoms with Crippen molar-refractivity contribution in [2.45, 2.75) is 97.8 Å². The van der Waals surface area contributed by atoms with E-state index in [-0.39, 0.29) is 56.1 Å². The van der Waals surface area contributed by atoms with Crippen molar-refractivity contribution in [1.29, 1.82) is 0 Å². The topological polar surface area (TPSA) is 163 Å². The Balaban J connectivity index is 1.19. The molecule has 3 fully saturated rings. The number of likely N-dealkylation sites (tertiary alicyclic amines) is 2. The summed E-state index contributed by atoms with van der Waals surface area (Å²) in [4.78, 5) is 72.8. The van der Waals surface area contributed by atoms with Crippen LogP contribution in [0, 0.1) is 16.7 Å². The molecular formula is C52H64N6O8. The number of aromatic hydroxyl groups is 1. The molecule has 3 aromatic carbocycles. The molecule has 1 aromatic heterocycles. The molecule has 0 saturated carbocycles. The molecule has 0 radical (unpaired) electrons. The summed E-state index contributed by atoms with van der Waals surface area (Å²) in [5, 5.41) is 16.8. The van der Waals surface area contributed by atoms with Crippen molar-refractivity contribution in [3.05, 3.63) is 90.0 Å². The van der Waals surface area contributed by atoms with Crippen LogP contribution in [-0.4, -0.2) is 119 Å². The lowest BCUT2D eigenvalue weighted by molar-refractivity contribution is -0.156. The van der Waals surface area contributed by atoms with E-state index >= 15 is 0 Å². The number of amides is 4. The van der Waals surface area contributed by atoms with Gasteiger partial charge < -0.3 is 34.3 Å². The molecule has 14 nitrogen and oxygen atoms in total. The molecule has 4 aromatic rings. The molecule has 1 spiro atoms. The second-order valence-corrected chi connectivity index (χ2v) is 19.7. The summed E-state index contributed by atoms with van der Waals surface area (Å²) in [5.41, 5.74) is 9.65. The maximum atomic E-state index is 14.7. The van der Waals surface area contributed by atoms with E-state index < -0.39 is 46.7 Å². The molecule has 1 unspecified atom stereocenters. The first-order valence-corrected chi connectivity index (χ1v) is 23.4. The second-order valence-electron chi connectivity index (χ2n) is 19.7. The minimum absolute atomic E-state index is 0.00572. The third-order valence-electron chi connectivity index (χ3n) is 14.0. The molecule has 8 rings (SSSR count). The molecule has 5 heterocycles. The standard InChI is InChI=1S/C52H64N6O8/c1-8-44(60)55-29-52(30-55)19-21-57(50(52)64)45(32(3)4)47(61)53-42-25-33-23-36(26-37(59)24-33)35-16-17-43-39(27-35)40(46(56(43)9-2)38-14-11-10-13-34(38)18-22-65-7)28-51(5,6)31-66-49(63)41-15-12-20-58(54-41)48(42)62/h8,10-11,13-14,16-17,23-24,26-27,32,41-42,45,54,59H,1,9,12,15,18-22,25,28-31H2,2-7H3,(H,53,61)/t41-,42-,45?/m0/s1. The van der Waals surface area contributed by atoms with Gasteiger partial charge in [0.1, 0.15) is 23.9 Å². The van der Waals surface area contributed by atoms with Gasteiger partial charge in [-0.1, -0.05) is 70.7 Å². The van der Waals surface area contributed by atoms with Gasteiger partial charge in [-0.3, -0.25) is 29.0 Å². The van der Waals surface area contributed by atoms with Gasteiger partial charge in [-0.25, -0.2) is 5.43 Å². The Hall–Kier alpha value is -5.99. The maximum absolute atomic E-state index is 14.7. The number of benzene rings is 3. The molecule has 4 aliphatic rings. The van der Waals surface area contributed by atoms with Crippen LogP contribution in [-0.2, 0) is 59.3 Å². The van der Waals surface area contributed by atoms with Gasteiger partial charge in [0.25, 0.3) is 5.91 Å². The molecule has 350 valence electrons. The van der Waals surface area contributed by atoms with Crippen molar-refractivity contribution in [2.24, 2.45) is 16.7 Å². The van der Waals surface area contributed by atoms with Crippen LogP contribution < -0.4 is 10.7 Å². The zero-order chi connectivity index (χ0) is 47.1. The predicted molar refractivity (Wildman–Crippen MR) is 252 cm³/mol. The SMILES string of the molecule is C=CC(=O)N1CC2(CCN(C(C(=O)N[C@H]3Cc4cc(O)cc(c4)-c4ccc5c(c4)c(c(-c4ccccc4CCOC)n5CC)CC(C)(C)COC(=O)[C@@H]4CCCN(N4)C3=O)C(C)C)C2=O)C1. The van der Waals surface area contributed by atoms with E-state index in [2.05, 4.69) is 79.1 Å². The zero-order valence-electron chi connectivity index (χ0n) is 39.2. The van der Waals surface area contributed by atoms with Gasteiger partial charge in [0.15, 0.2) is 0 Å². The van der Waals surface area contributed by atoms with Gasteiger partial charge in [-0.05, 0) is 103 Å². The van der Waals surface area contributed by atoms with Gasteiger partial charge in [0.2, 0.25) is 17.7 Å². The van der Waals surface area contributed by atoms with Gasteiger partial charge in [-0.2, -0.15) is 0 Å². The lowest BCUT2D eigenvalue weighted by Gasteiger charge is -2.46. The smallest absolute Gasteiger partial charge is 0.324 e. The number of hydrogen-bond acceptors (Lipinski definition) is 9. The number of nitrogens with one attached hydrogen (secondary N) is 2. The highest BCUT2D eigenvalue weighted by molar-refractivity contribution is 5.98. The summed E-state index contributed by atoms with van der Waals surface area (Å²) in [6, 6.07) is 17.2. The van der Waals surface area contributed by atoms with Crippen LogP contribution in [0.15, 0.2) is 73.3 Å². The summed E-state index contributed by atoms with van der Waals surface area (Å²) in [5.74, 6) is -2.13. The van der Waals surface area contributed by atoms with E-state index in [0.29, 0.717) is 50.9 Å². The Morgan fingerprint density at radius 3 is 2.55 bits per heavy atom. The molecule has 3 saturated heterocycles. The number of hydrogen-bond donors (Lipinski definition) is 3. The van der Waals surface area contributed by atoms with Gasteiger partial charge >= 0.3 is 5.97 Å². The number of carbonyl (C=O) groups is 5. The van der Waals surface area contributed by atoms with Crippen molar-refractivity contribution >= 4 is 40.5 Å². The number of esters is 1. The number of aromatic nitrogens is 1. The summed E-state index contributed by atoms with van der Waals surface area (Å²) < 4.78 is 14.0. The number of hydrazine groups is 1. The molecule has 14 heteroatoms. The number of aryl methyl sites for hydroxylation is 1. The van der Waals surface area contributed by atoms with Crippen molar-refractivity contribution in [3.63, 3.8) is 0 Å². The molecule has 0 aliphatic carbocycles. The average molecular weight is 901 g/mol. The highest BCUT2D eigenvalue weighted by Gasteiger charge is 2.57. The van der Waals surface area contributed by atoms with E-state index in [9.17, 15) is 29.1 Å². The Labute approximate surface area is 387 Å². The van der Waals surface area contributed by atoms with E-state index in [1.807, 2.05) is 26.0 Å². The van der Waals surface area contributed by atoms with Crippen LogP contribution in [0.3, 0.4) is 0 Å². The van der Waals surface area contributed by atoms with Crippen molar-refractivity contribution in [3.8, 4) is 28.1 Å². The fourth-order valence-electron chi connectivity index (χ4n) is 10.6. The Bertz CT molecular complexity index is 2560. The predicted octanol–water partition coefficient (Wildman–Crippen LogP) is 5.81. The van der Waals surface area contributed by atoms with Crippen LogP contribution in [0.5, 0.6) is 5.75 Å². The number of phenolic OH excluding ortho intramolecular Hbond substituents is 1. The number of carbonyl (C=O) groups excluding carboxylic acids is 5. The summed E-state index contributed by atoms with van der Waals surface area (Å²) >= 11 is 0. The normalized spacial score (nSPS) is 21.1. The third-order valence-corrected chi connectivity index (χ3v) is 14.0. The van der Waals surface area contributed by atoms with Gasteiger partial charge in [0, 0.05) is 68.1 Å². The zero-order valence-corrected chi connectivity index (χ0v) is 39.2. The monoisotopic (exact) mass is 900 g/mol. The largest absolute Gasteiger partial charge is 0.508 e. The summed E-state index contributed by atoms with van der Waals surface area (Å²) in [6.45, 7) is 16.2. The first-order valence-electron chi connectivity index (χ1n) is 23.4. The number of fused-ring (bicyclic) bond motifs is 6. The van der Waals surface area contributed by atoms with Gasteiger partial charge in [-0.15, -0.1) is 0 Å². The molecule has 4 aliphatic heterocycles. The first-order chi connectivity index (χ1) is 31.6. The Kier molecular flexibility index (Phi) is 13.2. The molecule has 3 N–H and O–H groups in total. The van der Waals surface area contributed by atoms with Crippen molar-refractivity contribution in [1.82, 2.24) is 30.1 Å². The highest BCUT2D eigenvalue weighted by Crippen LogP contribution is 2.44. The number of ether oxygens (including phenoxy) is 2. The quantitative estimate of drug-likeness (QED) is 0.132. The maximum Gasteiger partial charge on any atom is 0.324 e. The number of phenols is 1. The lowest BCUT2D eigenvalue weighted by Crippen LogP contribution is -2.64. The van der Waals surface area contributed by atoms with Crippen LogP contribution in [0.2, 0.25) is 0 Å². The minimum atomic E-state index is -1.14. The number of methoxy groups -OCH3 is 1. The van der Waals surface area contributed by atoms with Crippen LogP contribution in [0.4, 0.5) is 0 Å². The molecule has 4 amide bonds. The van der Waals surface area contributed by atoms with E-state index in [0.717, 1.165) is 45.3 Å². The lowest BCUT2D eigenvalue weighted by atomic mass is 9.78. The van der Waals surface area contributed by atoms with E-state index in [1.165, 1.54) is 16.6 Å². The number of cyclic esters (lactones) is 1. The average Bonchev–Trinajstić information content (AvgIpc) is 3.78. The third kappa shape index (κ3) is 8.97. The molecule has 3 atom stereocenters. The van der Waals surface area contributed by atoms with E-state index in [1.54, 1.807) is 29.0 Å². The number of rotatable bonds is 10. The Morgan fingerprint density at radius 2 is 1.82 bits per heavy atom. The molecular weight excluding hydrogens is 837 g/mol. The molecule has 6 bridgehead atoms. The number of nitrogens with zero attached hydrogens (tertiary/aromatic N) is 4. The molecule has 66 heavy (non-hydrogen) atoms. The summed E-state index contributed by atoms with van der Waals surface area (Å²) in [7, 11) is 1.71. The van der Waals surface area contributed by atoms with Crippen LogP contribution in [0.1, 0.15) is 70.6 Å². The van der Waals surface area contributed by atoms with Crippen LogP contribution in [0.25, 0.3) is 33.3 Å². The van der Waals surface area contributed by atoms with Crippen LogP contribution >= 0.6 is 0 Å². The van der Waals surface area contributed by atoms with Crippen molar-refractivity contribution in [2.75, 3.05) is 46.5 Å². The van der Waals surface area contributed by atoms with Crippen molar-refractivity contribution < 1.29 is 38.6 Å². The minimum Gasteiger partial charge on any atom is -0.508 e. The first kappa shape index (κ1) is 46.5.